The third-order valence-corrected chi connectivity index (χ3v) is 2.87. The van der Waals surface area contributed by atoms with E-state index in [9.17, 15) is 9.59 Å². The number of amides is 1. The summed E-state index contributed by atoms with van der Waals surface area (Å²) < 4.78 is 0. The van der Waals surface area contributed by atoms with Gasteiger partial charge in [-0.2, -0.15) is 0 Å². The molecule has 0 saturated heterocycles. The number of allylic oxidation sites excluding steroid dienone is 1. The SMILES string of the molecule is CC(C)=CC(=O)Nc1ccc(C(=O)c2ccccc2)cc1. The number of nitrogens with one attached hydrogen (secondary N) is 1. The van der Waals surface area contributed by atoms with Gasteiger partial charge in [0, 0.05) is 22.9 Å². The van der Waals surface area contributed by atoms with Gasteiger partial charge in [0.15, 0.2) is 5.78 Å². The molecule has 3 nitrogen and oxygen atoms in total. The number of ketones is 1. The number of rotatable bonds is 4. The minimum atomic E-state index is -0.169. The molecule has 0 aromatic heterocycles. The van der Waals surface area contributed by atoms with E-state index in [-0.39, 0.29) is 11.7 Å². The van der Waals surface area contributed by atoms with E-state index in [0.717, 1.165) is 5.57 Å². The van der Waals surface area contributed by atoms with Crippen LogP contribution in [0.2, 0.25) is 0 Å². The molecule has 0 aliphatic rings. The fourth-order valence-corrected chi connectivity index (χ4v) is 1.90. The van der Waals surface area contributed by atoms with Gasteiger partial charge in [-0.25, -0.2) is 0 Å². The summed E-state index contributed by atoms with van der Waals surface area (Å²) >= 11 is 0. The molecule has 0 saturated carbocycles. The second kappa shape index (κ2) is 6.66. The van der Waals surface area contributed by atoms with E-state index in [1.54, 1.807) is 36.4 Å². The van der Waals surface area contributed by atoms with Crippen LogP contribution in [0.1, 0.15) is 29.8 Å². The monoisotopic (exact) mass is 279 g/mol. The summed E-state index contributed by atoms with van der Waals surface area (Å²) in [7, 11) is 0. The van der Waals surface area contributed by atoms with Crippen molar-refractivity contribution in [1.82, 2.24) is 0 Å². The molecule has 0 aliphatic heterocycles. The number of hydrogen-bond acceptors (Lipinski definition) is 2. The fourth-order valence-electron chi connectivity index (χ4n) is 1.90. The van der Waals surface area contributed by atoms with Crippen LogP contribution in [0.5, 0.6) is 0 Å². The van der Waals surface area contributed by atoms with Crippen molar-refractivity contribution < 1.29 is 9.59 Å². The normalized spacial score (nSPS) is 9.81. The first kappa shape index (κ1) is 14.7. The lowest BCUT2D eigenvalue weighted by Gasteiger charge is -2.05. The number of hydrogen-bond donors (Lipinski definition) is 1. The van der Waals surface area contributed by atoms with Crippen molar-refractivity contribution in [2.75, 3.05) is 5.32 Å². The van der Waals surface area contributed by atoms with Crippen molar-refractivity contribution in [2.45, 2.75) is 13.8 Å². The molecule has 0 bridgehead atoms. The lowest BCUT2D eigenvalue weighted by Crippen LogP contribution is -2.08. The number of carbonyl (C=O) groups is 2. The van der Waals surface area contributed by atoms with E-state index in [0.29, 0.717) is 16.8 Å². The molecular weight excluding hydrogens is 262 g/mol. The van der Waals surface area contributed by atoms with Gasteiger partial charge >= 0.3 is 0 Å². The Labute approximate surface area is 124 Å². The zero-order valence-electron chi connectivity index (χ0n) is 12.1. The van der Waals surface area contributed by atoms with Crippen molar-refractivity contribution in [1.29, 1.82) is 0 Å². The Bertz CT molecular complexity index is 666. The van der Waals surface area contributed by atoms with Crippen LogP contribution in [0.25, 0.3) is 0 Å². The number of anilines is 1. The Morgan fingerprint density at radius 1 is 0.857 bits per heavy atom. The van der Waals surface area contributed by atoms with Crippen molar-refractivity contribution in [3.63, 3.8) is 0 Å². The lowest BCUT2D eigenvalue weighted by molar-refractivity contribution is -0.111. The van der Waals surface area contributed by atoms with Crippen LogP contribution >= 0.6 is 0 Å². The molecule has 0 unspecified atom stereocenters. The average molecular weight is 279 g/mol. The first-order chi connectivity index (χ1) is 10.1. The molecule has 1 N–H and O–H groups in total. The van der Waals surface area contributed by atoms with Gasteiger partial charge in [-0.15, -0.1) is 0 Å². The molecule has 0 aliphatic carbocycles. The predicted molar refractivity (Wildman–Crippen MR) is 84.4 cm³/mol. The minimum Gasteiger partial charge on any atom is -0.323 e. The van der Waals surface area contributed by atoms with E-state index in [1.807, 2.05) is 32.0 Å². The molecule has 3 heteroatoms. The maximum Gasteiger partial charge on any atom is 0.248 e. The van der Waals surface area contributed by atoms with E-state index in [1.165, 1.54) is 6.08 Å². The van der Waals surface area contributed by atoms with Crippen molar-refractivity contribution in [3.05, 3.63) is 77.4 Å². The minimum absolute atomic E-state index is 0.0298. The van der Waals surface area contributed by atoms with Crippen LogP contribution in [-0.4, -0.2) is 11.7 Å². The molecule has 0 fully saturated rings. The molecule has 106 valence electrons. The highest BCUT2D eigenvalue weighted by Crippen LogP contribution is 2.14. The van der Waals surface area contributed by atoms with Crippen LogP contribution < -0.4 is 5.32 Å². The Hall–Kier alpha value is -2.68. The maximum absolute atomic E-state index is 12.2. The number of benzene rings is 2. The summed E-state index contributed by atoms with van der Waals surface area (Å²) in [5, 5.41) is 2.75. The van der Waals surface area contributed by atoms with Gasteiger partial charge in [-0.3, -0.25) is 9.59 Å². The van der Waals surface area contributed by atoms with E-state index in [4.69, 9.17) is 0 Å². The Morgan fingerprint density at radius 2 is 1.43 bits per heavy atom. The standard InChI is InChI=1S/C18H17NO2/c1-13(2)12-17(20)19-16-10-8-15(9-11-16)18(21)14-6-4-3-5-7-14/h3-12H,1-2H3,(H,19,20). The summed E-state index contributed by atoms with van der Waals surface area (Å²) in [5.74, 6) is -0.199. The van der Waals surface area contributed by atoms with Crippen LogP contribution in [-0.2, 0) is 4.79 Å². The highest BCUT2D eigenvalue weighted by atomic mass is 16.1. The summed E-state index contributed by atoms with van der Waals surface area (Å²) in [6, 6.07) is 16.0. The molecular formula is C18H17NO2. The van der Waals surface area contributed by atoms with Crippen molar-refractivity contribution in [3.8, 4) is 0 Å². The van der Waals surface area contributed by atoms with Gasteiger partial charge in [0.25, 0.3) is 0 Å². The summed E-state index contributed by atoms with van der Waals surface area (Å²) in [4.78, 5) is 23.8. The molecule has 2 aromatic rings. The van der Waals surface area contributed by atoms with Gasteiger partial charge in [0.05, 0.1) is 0 Å². The van der Waals surface area contributed by atoms with Crippen molar-refractivity contribution >= 4 is 17.4 Å². The van der Waals surface area contributed by atoms with Crippen LogP contribution in [0, 0.1) is 0 Å². The summed E-state index contributed by atoms with van der Waals surface area (Å²) in [6.45, 7) is 3.72. The fraction of sp³-hybridized carbons (Fsp3) is 0.111. The van der Waals surface area contributed by atoms with Gasteiger partial charge in [-0.05, 0) is 38.1 Å². The molecule has 2 aromatic carbocycles. The zero-order valence-corrected chi connectivity index (χ0v) is 12.1. The molecule has 1 amide bonds. The highest BCUT2D eigenvalue weighted by molar-refractivity contribution is 6.09. The molecule has 0 heterocycles. The topological polar surface area (TPSA) is 46.2 Å². The largest absolute Gasteiger partial charge is 0.323 e. The lowest BCUT2D eigenvalue weighted by atomic mass is 10.0. The van der Waals surface area contributed by atoms with Crippen LogP contribution in [0.4, 0.5) is 5.69 Å². The third kappa shape index (κ3) is 4.14. The maximum atomic E-state index is 12.2. The first-order valence-electron chi connectivity index (χ1n) is 6.72. The predicted octanol–water partition coefficient (Wildman–Crippen LogP) is 3.82. The van der Waals surface area contributed by atoms with Crippen LogP contribution in [0.3, 0.4) is 0 Å². The summed E-state index contributed by atoms with van der Waals surface area (Å²) in [6.07, 6.45) is 1.53. The van der Waals surface area contributed by atoms with E-state index < -0.39 is 0 Å². The highest BCUT2D eigenvalue weighted by Gasteiger charge is 2.08. The third-order valence-electron chi connectivity index (χ3n) is 2.87. The molecule has 21 heavy (non-hydrogen) atoms. The number of carbonyl (C=O) groups excluding carboxylic acids is 2. The van der Waals surface area contributed by atoms with Crippen LogP contribution in [0.15, 0.2) is 66.2 Å². The molecule has 0 atom stereocenters. The van der Waals surface area contributed by atoms with E-state index in [2.05, 4.69) is 5.32 Å². The second-order valence-corrected chi connectivity index (χ2v) is 4.98. The Balaban J connectivity index is 2.11. The molecule has 0 radical (unpaired) electrons. The van der Waals surface area contributed by atoms with Gasteiger partial charge in [0.1, 0.15) is 0 Å². The molecule has 2 rings (SSSR count). The first-order valence-corrected chi connectivity index (χ1v) is 6.72. The Morgan fingerprint density at radius 3 is 2.00 bits per heavy atom. The van der Waals surface area contributed by atoms with Crippen molar-refractivity contribution in [2.24, 2.45) is 0 Å². The van der Waals surface area contributed by atoms with Gasteiger partial charge < -0.3 is 5.32 Å². The van der Waals surface area contributed by atoms with E-state index >= 15 is 0 Å². The average Bonchev–Trinajstić information content (AvgIpc) is 2.47. The van der Waals surface area contributed by atoms with Gasteiger partial charge in [-0.1, -0.05) is 35.9 Å². The second-order valence-electron chi connectivity index (χ2n) is 4.98. The molecule has 0 spiro atoms. The smallest absolute Gasteiger partial charge is 0.248 e. The quantitative estimate of drug-likeness (QED) is 0.683. The van der Waals surface area contributed by atoms with Gasteiger partial charge in [0.2, 0.25) is 5.91 Å². The zero-order chi connectivity index (χ0) is 15.2. The Kier molecular flexibility index (Phi) is 4.67. The summed E-state index contributed by atoms with van der Waals surface area (Å²) in [5.41, 5.74) is 2.85.